The van der Waals surface area contributed by atoms with Gasteiger partial charge in [-0.1, -0.05) is 33.2 Å². The highest BCUT2D eigenvalue weighted by Gasteiger charge is 2.31. The van der Waals surface area contributed by atoms with Gasteiger partial charge in [0.15, 0.2) is 0 Å². The molecule has 0 bridgehead atoms. The average molecular weight is 429 g/mol. The lowest BCUT2D eigenvalue weighted by atomic mass is 10.0. The van der Waals surface area contributed by atoms with Gasteiger partial charge < -0.3 is 14.9 Å². The molecule has 0 saturated carbocycles. The Morgan fingerprint density at radius 2 is 1.96 bits per heavy atom. The van der Waals surface area contributed by atoms with Crippen LogP contribution in [0, 0.1) is 0 Å². The van der Waals surface area contributed by atoms with Crippen LogP contribution < -0.4 is 10.1 Å². The third-order valence-electron chi connectivity index (χ3n) is 3.47. The van der Waals surface area contributed by atoms with Crippen molar-refractivity contribution in [3.05, 3.63) is 58.6 Å². The standard InChI is InChI=1S/C17H12BrF3N2O3/c18-11-3-1-2-10(8-11)14-9-15(26-23-14)16(24)22-12-4-6-13(7-5-12)25-17(19,20)21/h1-8,15H,9H2,(H,22,24)/t15-/m1/s1. The van der Waals surface area contributed by atoms with Gasteiger partial charge in [-0.05, 0) is 36.4 Å². The van der Waals surface area contributed by atoms with Crippen molar-refractivity contribution >= 4 is 33.2 Å². The zero-order chi connectivity index (χ0) is 18.7. The molecule has 0 aliphatic carbocycles. The molecule has 1 N–H and O–H groups in total. The molecule has 1 atom stereocenters. The third kappa shape index (κ3) is 4.75. The zero-order valence-corrected chi connectivity index (χ0v) is 14.7. The summed E-state index contributed by atoms with van der Waals surface area (Å²) in [5, 5.41) is 6.51. The molecule has 1 heterocycles. The minimum atomic E-state index is -4.76. The first-order valence-electron chi connectivity index (χ1n) is 7.45. The Morgan fingerprint density at radius 3 is 2.62 bits per heavy atom. The van der Waals surface area contributed by atoms with E-state index in [4.69, 9.17) is 4.84 Å². The largest absolute Gasteiger partial charge is 0.573 e. The summed E-state index contributed by atoms with van der Waals surface area (Å²) in [6, 6.07) is 12.3. The highest BCUT2D eigenvalue weighted by Crippen LogP contribution is 2.25. The lowest BCUT2D eigenvalue weighted by molar-refractivity contribution is -0.274. The van der Waals surface area contributed by atoms with E-state index in [0.29, 0.717) is 11.4 Å². The molecule has 5 nitrogen and oxygen atoms in total. The molecule has 1 aliphatic rings. The van der Waals surface area contributed by atoms with E-state index in [9.17, 15) is 18.0 Å². The molecule has 2 aromatic rings. The first kappa shape index (κ1) is 18.2. The fourth-order valence-corrected chi connectivity index (χ4v) is 2.72. The summed E-state index contributed by atoms with van der Waals surface area (Å²) in [6.07, 6.45) is -5.28. The van der Waals surface area contributed by atoms with Crippen LogP contribution in [0.2, 0.25) is 0 Å². The van der Waals surface area contributed by atoms with Gasteiger partial charge in [0.25, 0.3) is 5.91 Å². The molecule has 136 valence electrons. The minimum Gasteiger partial charge on any atom is -0.406 e. The molecule has 9 heteroatoms. The summed E-state index contributed by atoms with van der Waals surface area (Å²) in [6.45, 7) is 0. The maximum atomic E-state index is 12.2. The second-order valence-electron chi connectivity index (χ2n) is 5.41. The lowest BCUT2D eigenvalue weighted by Gasteiger charge is -2.11. The number of nitrogens with zero attached hydrogens (tertiary/aromatic N) is 1. The fraction of sp³-hybridized carbons (Fsp3) is 0.176. The Bertz CT molecular complexity index is 838. The Morgan fingerprint density at radius 1 is 1.23 bits per heavy atom. The number of ether oxygens (including phenoxy) is 1. The molecule has 3 rings (SSSR count). The van der Waals surface area contributed by atoms with Crippen LogP contribution in [-0.2, 0) is 9.63 Å². The van der Waals surface area contributed by atoms with Crippen molar-refractivity contribution in [2.75, 3.05) is 5.32 Å². The van der Waals surface area contributed by atoms with Crippen LogP contribution in [-0.4, -0.2) is 24.1 Å². The topological polar surface area (TPSA) is 59.9 Å². The van der Waals surface area contributed by atoms with E-state index < -0.39 is 18.4 Å². The number of anilines is 1. The van der Waals surface area contributed by atoms with Gasteiger partial charge in [0, 0.05) is 22.1 Å². The highest BCUT2D eigenvalue weighted by molar-refractivity contribution is 9.10. The van der Waals surface area contributed by atoms with Crippen molar-refractivity contribution < 1.29 is 27.5 Å². The summed E-state index contributed by atoms with van der Waals surface area (Å²) in [5.41, 5.74) is 1.80. The van der Waals surface area contributed by atoms with Crippen molar-refractivity contribution in [3.8, 4) is 5.75 Å². The minimum absolute atomic E-state index is 0.289. The molecular formula is C17H12BrF3N2O3. The van der Waals surface area contributed by atoms with Gasteiger partial charge >= 0.3 is 6.36 Å². The average Bonchev–Trinajstić information content (AvgIpc) is 3.05. The number of hydrogen-bond donors (Lipinski definition) is 1. The van der Waals surface area contributed by atoms with Gasteiger partial charge in [-0.3, -0.25) is 4.79 Å². The molecule has 26 heavy (non-hydrogen) atoms. The number of rotatable bonds is 4. The Kier molecular flexibility index (Phi) is 5.17. The number of amides is 1. The molecule has 0 saturated heterocycles. The Balaban J connectivity index is 1.58. The highest BCUT2D eigenvalue weighted by atomic mass is 79.9. The summed E-state index contributed by atoms with van der Waals surface area (Å²) in [4.78, 5) is 17.4. The van der Waals surface area contributed by atoms with E-state index in [1.165, 1.54) is 12.1 Å². The smallest absolute Gasteiger partial charge is 0.406 e. The number of oxime groups is 1. The number of nitrogens with one attached hydrogen (secondary N) is 1. The predicted molar refractivity (Wildman–Crippen MR) is 91.9 cm³/mol. The zero-order valence-electron chi connectivity index (χ0n) is 13.1. The number of carbonyl (C=O) groups is 1. The van der Waals surface area contributed by atoms with Crippen LogP contribution in [0.3, 0.4) is 0 Å². The summed E-state index contributed by atoms with van der Waals surface area (Å²) >= 11 is 3.37. The molecule has 0 radical (unpaired) electrons. The normalized spacial score (nSPS) is 16.6. The van der Waals surface area contributed by atoms with Gasteiger partial charge in [-0.25, -0.2) is 0 Å². The fourth-order valence-electron chi connectivity index (χ4n) is 2.32. The van der Waals surface area contributed by atoms with Crippen molar-refractivity contribution in [2.24, 2.45) is 5.16 Å². The summed E-state index contributed by atoms with van der Waals surface area (Å²) in [7, 11) is 0. The van der Waals surface area contributed by atoms with Crippen molar-refractivity contribution in [1.29, 1.82) is 0 Å². The van der Waals surface area contributed by atoms with E-state index >= 15 is 0 Å². The molecule has 2 aromatic carbocycles. The van der Waals surface area contributed by atoms with Crippen LogP contribution in [0.5, 0.6) is 5.75 Å². The number of halogens is 4. The third-order valence-corrected chi connectivity index (χ3v) is 3.97. The molecule has 0 unspecified atom stereocenters. The first-order chi connectivity index (χ1) is 12.3. The van der Waals surface area contributed by atoms with E-state index in [-0.39, 0.29) is 12.2 Å². The number of carbonyl (C=O) groups excluding carboxylic acids is 1. The quantitative estimate of drug-likeness (QED) is 0.780. The van der Waals surface area contributed by atoms with Crippen LogP contribution in [0.1, 0.15) is 12.0 Å². The molecule has 0 fully saturated rings. The van der Waals surface area contributed by atoms with Gasteiger partial charge in [0.2, 0.25) is 6.10 Å². The van der Waals surface area contributed by atoms with Gasteiger partial charge in [0.05, 0.1) is 5.71 Å². The monoisotopic (exact) mass is 428 g/mol. The van der Waals surface area contributed by atoms with Gasteiger partial charge in [-0.15, -0.1) is 13.2 Å². The summed E-state index contributed by atoms with van der Waals surface area (Å²) < 4.78 is 41.1. The maximum Gasteiger partial charge on any atom is 0.573 e. The van der Waals surface area contributed by atoms with Crippen LogP contribution in [0.15, 0.2) is 58.2 Å². The van der Waals surface area contributed by atoms with Crippen LogP contribution in [0.25, 0.3) is 0 Å². The van der Waals surface area contributed by atoms with Crippen molar-refractivity contribution in [2.45, 2.75) is 18.9 Å². The summed E-state index contributed by atoms with van der Waals surface area (Å²) in [5.74, 6) is -0.809. The van der Waals surface area contributed by atoms with Crippen LogP contribution in [0.4, 0.5) is 18.9 Å². The van der Waals surface area contributed by atoms with Crippen molar-refractivity contribution in [1.82, 2.24) is 0 Å². The Hall–Kier alpha value is -2.55. The Labute approximate surface area is 154 Å². The van der Waals surface area contributed by atoms with Crippen LogP contribution >= 0.6 is 15.9 Å². The first-order valence-corrected chi connectivity index (χ1v) is 8.25. The lowest BCUT2D eigenvalue weighted by Crippen LogP contribution is -2.28. The maximum absolute atomic E-state index is 12.2. The number of alkyl halides is 3. The second-order valence-corrected chi connectivity index (χ2v) is 6.32. The van der Waals surface area contributed by atoms with E-state index in [1.807, 2.05) is 24.3 Å². The predicted octanol–water partition coefficient (Wildman–Crippen LogP) is 4.48. The SMILES string of the molecule is O=C(Nc1ccc(OC(F)(F)F)cc1)[C@H]1CC(c2cccc(Br)c2)=NO1. The molecule has 1 amide bonds. The molecule has 1 aliphatic heterocycles. The molecule has 0 aromatic heterocycles. The van der Waals surface area contributed by atoms with Gasteiger partial charge in [0.1, 0.15) is 5.75 Å². The molecular weight excluding hydrogens is 417 g/mol. The van der Waals surface area contributed by atoms with Crippen molar-refractivity contribution in [3.63, 3.8) is 0 Å². The van der Waals surface area contributed by atoms with E-state index in [1.54, 1.807) is 0 Å². The van der Waals surface area contributed by atoms with E-state index in [0.717, 1.165) is 22.2 Å². The second kappa shape index (κ2) is 7.36. The number of benzene rings is 2. The van der Waals surface area contributed by atoms with Gasteiger partial charge in [-0.2, -0.15) is 0 Å². The number of hydrogen-bond acceptors (Lipinski definition) is 4. The van der Waals surface area contributed by atoms with E-state index in [2.05, 4.69) is 31.1 Å². The molecule has 0 spiro atoms.